The van der Waals surface area contributed by atoms with E-state index in [0.717, 1.165) is 0 Å². The van der Waals surface area contributed by atoms with E-state index in [-0.39, 0.29) is 12.3 Å². The molecule has 3 aromatic rings. The summed E-state index contributed by atoms with van der Waals surface area (Å²) in [6.45, 7) is 4.15. The average Bonchev–Trinajstić information content (AvgIpc) is 2.77. The number of amides is 1. The maximum absolute atomic E-state index is 12.9. The predicted octanol–water partition coefficient (Wildman–Crippen LogP) is 2.44. The summed E-state index contributed by atoms with van der Waals surface area (Å²) >= 11 is 6.22. The molecular formula is C21H21ClN4O4. The van der Waals surface area contributed by atoms with E-state index in [1.165, 1.54) is 7.11 Å². The third-order valence-corrected chi connectivity index (χ3v) is 5.65. The highest BCUT2D eigenvalue weighted by Gasteiger charge is 2.24. The van der Waals surface area contributed by atoms with Crippen molar-refractivity contribution >= 4 is 34.4 Å². The fraction of sp³-hybridized carbons (Fsp3) is 0.333. The van der Waals surface area contributed by atoms with Crippen molar-refractivity contribution in [3.8, 4) is 5.75 Å². The van der Waals surface area contributed by atoms with Gasteiger partial charge >= 0.3 is 5.63 Å². The second-order valence-corrected chi connectivity index (χ2v) is 7.48. The number of fused-ring (bicyclic) bond motifs is 1. The van der Waals surface area contributed by atoms with Crippen LogP contribution in [0.25, 0.3) is 11.0 Å². The predicted molar refractivity (Wildman–Crippen MR) is 113 cm³/mol. The highest BCUT2D eigenvalue weighted by molar-refractivity contribution is 6.32. The van der Waals surface area contributed by atoms with Crippen molar-refractivity contribution in [1.82, 2.24) is 14.9 Å². The number of carbonyl (C=O) groups excluding carboxylic acids is 1. The first-order valence-electron chi connectivity index (χ1n) is 9.57. The Kier molecular flexibility index (Phi) is 5.59. The normalized spacial score (nSPS) is 14.2. The van der Waals surface area contributed by atoms with Crippen LogP contribution in [0.1, 0.15) is 11.1 Å². The third kappa shape index (κ3) is 3.82. The van der Waals surface area contributed by atoms with Crippen LogP contribution in [0.3, 0.4) is 0 Å². The van der Waals surface area contributed by atoms with Crippen LogP contribution in [0.15, 0.2) is 39.8 Å². The number of aryl methyl sites for hydroxylation is 1. The molecule has 1 fully saturated rings. The largest absolute Gasteiger partial charge is 0.495 e. The van der Waals surface area contributed by atoms with E-state index in [1.807, 2.05) is 4.90 Å². The molecule has 0 saturated carbocycles. The van der Waals surface area contributed by atoms with Crippen LogP contribution in [0.4, 0.5) is 5.95 Å². The van der Waals surface area contributed by atoms with Crippen molar-refractivity contribution in [3.05, 3.63) is 57.2 Å². The summed E-state index contributed by atoms with van der Waals surface area (Å²) in [7, 11) is 1.49. The van der Waals surface area contributed by atoms with Gasteiger partial charge in [-0.15, -0.1) is 0 Å². The number of carbonyl (C=O) groups is 1. The van der Waals surface area contributed by atoms with E-state index in [9.17, 15) is 9.59 Å². The molecule has 0 aliphatic carbocycles. The lowest BCUT2D eigenvalue weighted by Gasteiger charge is -2.34. The minimum Gasteiger partial charge on any atom is -0.495 e. The zero-order valence-electron chi connectivity index (χ0n) is 16.7. The lowest BCUT2D eigenvalue weighted by Crippen LogP contribution is -2.49. The molecular weight excluding hydrogens is 408 g/mol. The van der Waals surface area contributed by atoms with Gasteiger partial charge in [0.1, 0.15) is 11.3 Å². The second-order valence-electron chi connectivity index (χ2n) is 7.07. The first-order valence-corrected chi connectivity index (χ1v) is 9.95. The van der Waals surface area contributed by atoms with E-state index < -0.39 is 5.63 Å². The van der Waals surface area contributed by atoms with Crippen LogP contribution >= 0.6 is 11.6 Å². The van der Waals surface area contributed by atoms with Crippen LogP contribution in [-0.4, -0.2) is 54.1 Å². The van der Waals surface area contributed by atoms with Crippen molar-refractivity contribution in [2.45, 2.75) is 13.3 Å². The van der Waals surface area contributed by atoms with Gasteiger partial charge in [0, 0.05) is 50.0 Å². The lowest BCUT2D eigenvalue weighted by atomic mass is 10.0. The summed E-state index contributed by atoms with van der Waals surface area (Å²) in [6.07, 6.45) is 3.38. The second kappa shape index (κ2) is 8.31. The topological polar surface area (TPSA) is 88.8 Å². The fourth-order valence-corrected chi connectivity index (χ4v) is 3.86. The average molecular weight is 429 g/mol. The van der Waals surface area contributed by atoms with Gasteiger partial charge in [0.2, 0.25) is 11.9 Å². The molecule has 0 unspecified atom stereocenters. The van der Waals surface area contributed by atoms with E-state index in [2.05, 4.69) is 9.97 Å². The minimum absolute atomic E-state index is 0.0183. The molecule has 1 saturated heterocycles. The summed E-state index contributed by atoms with van der Waals surface area (Å²) < 4.78 is 10.6. The number of piperazine rings is 1. The van der Waals surface area contributed by atoms with Crippen LogP contribution in [-0.2, 0) is 11.2 Å². The van der Waals surface area contributed by atoms with E-state index >= 15 is 0 Å². The molecule has 4 rings (SSSR count). The van der Waals surface area contributed by atoms with Gasteiger partial charge in [-0.25, -0.2) is 14.8 Å². The molecule has 9 heteroatoms. The molecule has 8 nitrogen and oxygen atoms in total. The summed E-state index contributed by atoms with van der Waals surface area (Å²) in [5.41, 5.74) is 0.901. The van der Waals surface area contributed by atoms with Gasteiger partial charge in [-0.1, -0.05) is 11.6 Å². The molecule has 30 heavy (non-hydrogen) atoms. The summed E-state index contributed by atoms with van der Waals surface area (Å²) in [4.78, 5) is 37.7. The van der Waals surface area contributed by atoms with Gasteiger partial charge in [-0.3, -0.25) is 4.79 Å². The number of hydrogen-bond acceptors (Lipinski definition) is 7. The minimum atomic E-state index is -0.519. The SMILES string of the molecule is COc1cc2oc(=O)c(CC(=O)N3CCN(c4ncccn4)CC3)c(C)c2cc1Cl. The Hall–Kier alpha value is -3.13. The van der Waals surface area contributed by atoms with Gasteiger partial charge < -0.3 is 19.0 Å². The number of halogens is 1. The highest BCUT2D eigenvalue weighted by Crippen LogP contribution is 2.31. The maximum atomic E-state index is 12.9. The third-order valence-electron chi connectivity index (χ3n) is 5.36. The number of anilines is 1. The van der Waals surface area contributed by atoms with Crippen molar-refractivity contribution < 1.29 is 13.9 Å². The fourth-order valence-electron chi connectivity index (χ4n) is 3.62. The molecule has 0 spiro atoms. The standard InChI is InChI=1S/C21H21ClN4O4/c1-13-14-10-16(22)18(29-2)12-17(14)30-20(28)15(13)11-19(27)25-6-8-26(9-7-25)21-23-4-3-5-24-21/h3-5,10,12H,6-9,11H2,1-2H3. The molecule has 0 N–H and O–H groups in total. The van der Waals surface area contributed by atoms with E-state index in [1.54, 1.807) is 42.4 Å². The highest BCUT2D eigenvalue weighted by atomic mass is 35.5. The van der Waals surface area contributed by atoms with Crippen molar-refractivity contribution in [2.75, 3.05) is 38.2 Å². The Balaban J connectivity index is 1.51. The van der Waals surface area contributed by atoms with Gasteiger partial charge in [0.15, 0.2) is 0 Å². The number of hydrogen-bond donors (Lipinski definition) is 0. The number of nitrogens with zero attached hydrogens (tertiary/aromatic N) is 4. The van der Waals surface area contributed by atoms with Gasteiger partial charge in [0.25, 0.3) is 0 Å². The number of aromatic nitrogens is 2. The molecule has 3 heterocycles. The van der Waals surface area contributed by atoms with Crippen molar-refractivity contribution in [3.63, 3.8) is 0 Å². The molecule has 0 atom stereocenters. The summed E-state index contributed by atoms with van der Waals surface area (Å²) in [5.74, 6) is 0.969. The van der Waals surface area contributed by atoms with Crippen LogP contribution in [0.5, 0.6) is 5.75 Å². The molecule has 1 aromatic carbocycles. The van der Waals surface area contributed by atoms with Crippen molar-refractivity contribution in [1.29, 1.82) is 0 Å². The molecule has 0 radical (unpaired) electrons. The maximum Gasteiger partial charge on any atom is 0.340 e. The van der Waals surface area contributed by atoms with Gasteiger partial charge in [-0.05, 0) is 24.6 Å². The van der Waals surface area contributed by atoms with E-state index in [0.29, 0.717) is 65.0 Å². The lowest BCUT2D eigenvalue weighted by molar-refractivity contribution is -0.130. The van der Waals surface area contributed by atoms with E-state index in [4.69, 9.17) is 20.8 Å². The Bertz CT molecular complexity index is 1140. The first kappa shape index (κ1) is 20.2. The first-order chi connectivity index (χ1) is 14.5. The van der Waals surface area contributed by atoms with Crippen LogP contribution < -0.4 is 15.3 Å². The molecule has 2 aromatic heterocycles. The summed E-state index contributed by atoms with van der Waals surface area (Å²) in [6, 6.07) is 5.05. The number of ether oxygens (including phenoxy) is 1. The van der Waals surface area contributed by atoms with Gasteiger partial charge in [-0.2, -0.15) is 0 Å². The Morgan fingerprint density at radius 3 is 2.57 bits per heavy atom. The van der Waals surface area contributed by atoms with Gasteiger partial charge in [0.05, 0.1) is 24.1 Å². The molecule has 0 bridgehead atoms. The summed E-state index contributed by atoms with van der Waals surface area (Å²) in [5, 5.41) is 1.10. The Labute approximate surface area is 178 Å². The number of rotatable bonds is 4. The van der Waals surface area contributed by atoms with Crippen LogP contribution in [0, 0.1) is 6.92 Å². The Morgan fingerprint density at radius 1 is 1.20 bits per heavy atom. The van der Waals surface area contributed by atoms with Crippen molar-refractivity contribution in [2.24, 2.45) is 0 Å². The Morgan fingerprint density at radius 2 is 1.90 bits per heavy atom. The molecule has 1 aliphatic heterocycles. The smallest absolute Gasteiger partial charge is 0.340 e. The van der Waals surface area contributed by atoms with Crippen LogP contribution in [0.2, 0.25) is 5.02 Å². The quantitative estimate of drug-likeness (QED) is 0.589. The molecule has 1 amide bonds. The number of benzene rings is 1. The molecule has 1 aliphatic rings. The monoisotopic (exact) mass is 428 g/mol. The molecule has 156 valence electrons. The zero-order valence-corrected chi connectivity index (χ0v) is 17.5. The number of methoxy groups -OCH3 is 1. The zero-order chi connectivity index (χ0) is 21.3.